The van der Waals surface area contributed by atoms with Crippen molar-refractivity contribution in [1.82, 2.24) is 4.90 Å². The summed E-state index contributed by atoms with van der Waals surface area (Å²) < 4.78 is 5.50. The van der Waals surface area contributed by atoms with Gasteiger partial charge in [0.25, 0.3) is 11.8 Å². The Labute approximate surface area is 101 Å². The van der Waals surface area contributed by atoms with Gasteiger partial charge in [-0.05, 0) is 27.2 Å². The van der Waals surface area contributed by atoms with Gasteiger partial charge in [-0.3, -0.25) is 14.5 Å². The molecule has 2 rings (SSSR count). The molecule has 17 heavy (non-hydrogen) atoms. The Kier molecular flexibility index (Phi) is 3.05. The average molecular weight is 238 g/mol. The largest absolute Gasteiger partial charge is 0.376 e. The molecule has 0 aromatic rings. The summed E-state index contributed by atoms with van der Waals surface area (Å²) in [5.74, 6) is -0.449. The molecule has 0 bridgehead atoms. The van der Waals surface area contributed by atoms with E-state index in [1.54, 1.807) is 13.8 Å². The van der Waals surface area contributed by atoms with E-state index in [-0.39, 0.29) is 30.0 Å². The SMILES string of the molecule is CCOC1CC(N)C1N1C(=O)C(C)=C(C)C1=O. The topological polar surface area (TPSA) is 72.6 Å². The summed E-state index contributed by atoms with van der Waals surface area (Å²) in [6.45, 7) is 5.81. The lowest BCUT2D eigenvalue weighted by atomic mass is 9.82. The van der Waals surface area contributed by atoms with Crippen molar-refractivity contribution in [1.29, 1.82) is 0 Å². The molecule has 1 fully saturated rings. The van der Waals surface area contributed by atoms with Crippen LogP contribution in [0.2, 0.25) is 0 Å². The van der Waals surface area contributed by atoms with Crippen LogP contribution in [0.5, 0.6) is 0 Å². The fourth-order valence-electron chi connectivity index (χ4n) is 2.41. The minimum Gasteiger partial charge on any atom is -0.376 e. The van der Waals surface area contributed by atoms with Crippen LogP contribution < -0.4 is 5.73 Å². The van der Waals surface area contributed by atoms with Crippen molar-refractivity contribution < 1.29 is 14.3 Å². The number of carbonyl (C=O) groups excluding carboxylic acids is 2. The van der Waals surface area contributed by atoms with Crippen molar-refractivity contribution in [3.63, 3.8) is 0 Å². The minimum atomic E-state index is -0.303. The lowest BCUT2D eigenvalue weighted by molar-refractivity contribution is -0.152. The number of hydrogen-bond acceptors (Lipinski definition) is 4. The molecular formula is C12H18N2O3. The van der Waals surface area contributed by atoms with Crippen molar-refractivity contribution in [2.45, 2.75) is 45.4 Å². The molecule has 0 aromatic heterocycles. The Hall–Kier alpha value is -1.20. The first-order valence-corrected chi connectivity index (χ1v) is 5.91. The van der Waals surface area contributed by atoms with Crippen molar-refractivity contribution in [3.05, 3.63) is 11.1 Å². The van der Waals surface area contributed by atoms with E-state index < -0.39 is 0 Å². The third-order valence-corrected chi connectivity index (χ3v) is 3.64. The zero-order valence-electron chi connectivity index (χ0n) is 10.4. The summed E-state index contributed by atoms with van der Waals surface area (Å²) in [5.41, 5.74) is 6.93. The first-order valence-electron chi connectivity index (χ1n) is 5.91. The van der Waals surface area contributed by atoms with E-state index in [1.807, 2.05) is 6.92 Å². The molecule has 0 spiro atoms. The summed E-state index contributed by atoms with van der Waals surface area (Å²) in [4.78, 5) is 25.3. The summed E-state index contributed by atoms with van der Waals surface area (Å²) in [6.07, 6.45) is 0.592. The van der Waals surface area contributed by atoms with Crippen LogP contribution in [0.4, 0.5) is 0 Å². The highest BCUT2D eigenvalue weighted by Gasteiger charge is 2.50. The van der Waals surface area contributed by atoms with E-state index in [4.69, 9.17) is 10.5 Å². The Morgan fingerprint density at radius 2 is 1.82 bits per heavy atom. The van der Waals surface area contributed by atoms with E-state index in [2.05, 4.69) is 0 Å². The molecule has 0 radical (unpaired) electrons. The Balaban J connectivity index is 2.19. The van der Waals surface area contributed by atoms with Crippen LogP contribution in [0.3, 0.4) is 0 Å². The smallest absolute Gasteiger partial charge is 0.257 e. The number of amides is 2. The van der Waals surface area contributed by atoms with Crippen LogP contribution in [0, 0.1) is 0 Å². The zero-order valence-corrected chi connectivity index (χ0v) is 10.4. The number of rotatable bonds is 3. The van der Waals surface area contributed by atoms with Crippen LogP contribution in [0.15, 0.2) is 11.1 Å². The number of imide groups is 1. The molecule has 5 heteroatoms. The Morgan fingerprint density at radius 1 is 1.29 bits per heavy atom. The van der Waals surface area contributed by atoms with Gasteiger partial charge in [0.15, 0.2) is 0 Å². The lowest BCUT2D eigenvalue weighted by Crippen LogP contribution is -2.66. The summed E-state index contributed by atoms with van der Waals surface area (Å²) in [7, 11) is 0. The van der Waals surface area contributed by atoms with Crippen molar-refractivity contribution >= 4 is 11.8 Å². The standard InChI is InChI=1S/C12H18N2O3/c1-4-17-9-5-8(13)10(9)14-11(15)6(2)7(3)12(14)16/h8-10H,4-5,13H2,1-3H3. The molecule has 2 amide bonds. The Morgan fingerprint density at radius 3 is 2.24 bits per heavy atom. The molecule has 1 heterocycles. The number of hydrogen-bond donors (Lipinski definition) is 1. The van der Waals surface area contributed by atoms with Crippen LogP contribution in [0.25, 0.3) is 0 Å². The third kappa shape index (κ3) is 1.70. The third-order valence-electron chi connectivity index (χ3n) is 3.64. The highest BCUT2D eigenvalue weighted by Crippen LogP contribution is 2.33. The van der Waals surface area contributed by atoms with Crippen molar-refractivity contribution in [2.24, 2.45) is 5.73 Å². The van der Waals surface area contributed by atoms with Crippen LogP contribution >= 0.6 is 0 Å². The molecular weight excluding hydrogens is 220 g/mol. The second-order valence-corrected chi connectivity index (χ2v) is 4.61. The summed E-state index contributed by atoms with van der Waals surface area (Å²) in [6, 6.07) is -0.472. The predicted molar refractivity (Wildman–Crippen MR) is 62.0 cm³/mol. The minimum absolute atomic E-state index is 0.110. The first kappa shape index (κ1) is 12.3. The highest BCUT2D eigenvalue weighted by molar-refractivity contribution is 6.19. The van der Waals surface area contributed by atoms with Gasteiger partial charge in [-0.1, -0.05) is 0 Å². The normalized spacial score (nSPS) is 33.4. The molecule has 5 nitrogen and oxygen atoms in total. The molecule has 3 unspecified atom stereocenters. The van der Waals surface area contributed by atoms with Gasteiger partial charge in [-0.2, -0.15) is 0 Å². The Bertz CT molecular complexity index is 377. The van der Waals surface area contributed by atoms with E-state index in [9.17, 15) is 9.59 Å². The van der Waals surface area contributed by atoms with Gasteiger partial charge >= 0.3 is 0 Å². The fourth-order valence-corrected chi connectivity index (χ4v) is 2.41. The molecule has 2 N–H and O–H groups in total. The number of carbonyl (C=O) groups is 2. The van der Waals surface area contributed by atoms with E-state index in [0.717, 1.165) is 0 Å². The van der Waals surface area contributed by atoms with E-state index >= 15 is 0 Å². The van der Waals surface area contributed by atoms with Crippen molar-refractivity contribution in [3.8, 4) is 0 Å². The van der Waals surface area contributed by atoms with Crippen LogP contribution in [-0.4, -0.2) is 41.5 Å². The van der Waals surface area contributed by atoms with Gasteiger partial charge in [0.1, 0.15) is 0 Å². The maximum absolute atomic E-state index is 12.0. The van der Waals surface area contributed by atoms with Crippen LogP contribution in [-0.2, 0) is 14.3 Å². The van der Waals surface area contributed by atoms with Gasteiger partial charge in [0.2, 0.25) is 0 Å². The zero-order chi connectivity index (χ0) is 12.7. The highest BCUT2D eigenvalue weighted by atomic mass is 16.5. The first-order chi connectivity index (χ1) is 7.99. The van der Waals surface area contributed by atoms with Gasteiger partial charge < -0.3 is 10.5 Å². The summed E-state index contributed by atoms with van der Waals surface area (Å²) in [5, 5.41) is 0. The van der Waals surface area contributed by atoms with Gasteiger partial charge in [0, 0.05) is 23.8 Å². The number of ether oxygens (including phenoxy) is 1. The number of nitrogens with two attached hydrogens (primary N) is 1. The average Bonchev–Trinajstić information content (AvgIpc) is 2.47. The van der Waals surface area contributed by atoms with E-state index in [1.165, 1.54) is 4.90 Å². The van der Waals surface area contributed by atoms with Crippen LogP contribution in [0.1, 0.15) is 27.2 Å². The molecule has 3 atom stereocenters. The maximum atomic E-state index is 12.0. The second-order valence-electron chi connectivity index (χ2n) is 4.61. The monoisotopic (exact) mass is 238 g/mol. The molecule has 1 aliphatic carbocycles. The lowest BCUT2D eigenvalue weighted by Gasteiger charge is -2.46. The molecule has 0 aromatic carbocycles. The molecule has 94 valence electrons. The predicted octanol–water partition coefficient (Wildman–Crippen LogP) is 0.196. The van der Waals surface area contributed by atoms with Gasteiger partial charge in [-0.25, -0.2) is 0 Å². The second kappa shape index (κ2) is 4.23. The number of nitrogens with zero attached hydrogens (tertiary/aromatic N) is 1. The van der Waals surface area contributed by atoms with E-state index in [0.29, 0.717) is 24.2 Å². The molecule has 1 aliphatic heterocycles. The maximum Gasteiger partial charge on any atom is 0.257 e. The molecule has 1 saturated carbocycles. The fraction of sp³-hybridized carbons (Fsp3) is 0.667. The van der Waals surface area contributed by atoms with Crippen molar-refractivity contribution in [2.75, 3.05) is 6.61 Å². The molecule has 2 aliphatic rings. The van der Waals surface area contributed by atoms with Gasteiger partial charge in [0.05, 0.1) is 12.1 Å². The quantitative estimate of drug-likeness (QED) is 0.713. The molecule has 0 saturated heterocycles. The van der Waals surface area contributed by atoms with Gasteiger partial charge in [-0.15, -0.1) is 0 Å². The summed E-state index contributed by atoms with van der Waals surface area (Å²) >= 11 is 0.